The molecule has 0 radical (unpaired) electrons. The molecule has 0 aromatic carbocycles. The Morgan fingerprint density at radius 2 is 2.28 bits per heavy atom. The van der Waals surface area contributed by atoms with Gasteiger partial charge in [0.2, 0.25) is 5.88 Å². The smallest absolute Gasteiger partial charge is 0.259 e. The number of rotatable bonds is 5. The largest absolute Gasteiger partial charge is 0.480 e. The average molecular weight is 344 g/mol. The molecule has 2 aromatic heterocycles. The van der Waals surface area contributed by atoms with Crippen molar-refractivity contribution in [2.75, 3.05) is 13.7 Å². The van der Waals surface area contributed by atoms with E-state index in [1.807, 2.05) is 4.90 Å². The van der Waals surface area contributed by atoms with Crippen molar-refractivity contribution in [2.45, 2.75) is 44.2 Å². The Labute approximate surface area is 147 Å². The third-order valence-electron chi connectivity index (χ3n) is 4.70. The van der Waals surface area contributed by atoms with Gasteiger partial charge in [0.15, 0.2) is 0 Å². The van der Waals surface area contributed by atoms with E-state index in [9.17, 15) is 9.90 Å². The third kappa shape index (κ3) is 4.02. The van der Waals surface area contributed by atoms with Crippen molar-refractivity contribution in [1.82, 2.24) is 9.88 Å². The molecule has 1 amide bonds. The Kier molecular flexibility index (Phi) is 5.71. The zero-order valence-electron chi connectivity index (χ0n) is 14.4. The molecule has 0 saturated carbocycles. The molecular formula is C19H24N2O4. The summed E-state index contributed by atoms with van der Waals surface area (Å²) >= 11 is 0. The first-order valence-corrected chi connectivity index (χ1v) is 8.72. The molecule has 1 fully saturated rings. The second-order valence-electron chi connectivity index (χ2n) is 6.33. The number of likely N-dealkylation sites (tertiary alicyclic amines) is 1. The van der Waals surface area contributed by atoms with Crippen molar-refractivity contribution >= 4 is 5.91 Å². The summed E-state index contributed by atoms with van der Waals surface area (Å²) in [5.74, 6) is 0.779. The molecule has 0 spiro atoms. The monoisotopic (exact) mass is 344 g/mol. The Balaban J connectivity index is 1.81. The van der Waals surface area contributed by atoms with Crippen LogP contribution in [0.4, 0.5) is 0 Å². The fraction of sp³-hybridized carbons (Fsp3) is 0.474. The van der Waals surface area contributed by atoms with E-state index in [-0.39, 0.29) is 11.9 Å². The van der Waals surface area contributed by atoms with Gasteiger partial charge < -0.3 is 19.2 Å². The predicted octanol–water partition coefficient (Wildman–Crippen LogP) is 3.19. The summed E-state index contributed by atoms with van der Waals surface area (Å²) in [5.41, 5.74) is 0.462. The van der Waals surface area contributed by atoms with E-state index in [0.717, 1.165) is 25.7 Å². The minimum atomic E-state index is -0.718. The Hall–Kier alpha value is -2.34. The number of ether oxygens (including phenoxy) is 1. The van der Waals surface area contributed by atoms with Gasteiger partial charge in [0.1, 0.15) is 17.4 Å². The SMILES string of the molecule is COc1ncccc1C(=O)N1CCCCC[C@H]1C[C@@H](O)c1ccco1. The quantitative estimate of drug-likeness (QED) is 0.901. The lowest BCUT2D eigenvalue weighted by Crippen LogP contribution is -2.41. The van der Waals surface area contributed by atoms with Crippen LogP contribution in [-0.2, 0) is 0 Å². The van der Waals surface area contributed by atoms with Crippen molar-refractivity contribution in [2.24, 2.45) is 0 Å². The average Bonchev–Trinajstić information content (AvgIpc) is 3.09. The summed E-state index contributed by atoms with van der Waals surface area (Å²) in [6.45, 7) is 0.673. The molecule has 6 heteroatoms. The van der Waals surface area contributed by atoms with E-state index in [0.29, 0.717) is 30.2 Å². The highest BCUT2D eigenvalue weighted by molar-refractivity contribution is 5.96. The number of carbonyl (C=O) groups excluding carboxylic acids is 1. The number of pyridine rings is 1. The number of carbonyl (C=O) groups is 1. The van der Waals surface area contributed by atoms with E-state index in [1.54, 1.807) is 36.7 Å². The minimum Gasteiger partial charge on any atom is -0.480 e. The first-order chi connectivity index (χ1) is 12.2. The maximum absolute atomic E-state index is 13.1. The first kappa shape index (κ1) is 17.5. The van der Waals surface area contributed by atoms with Crippen LogP contribution in [0.5, 0.6) is 5.88 Å². The molecule has 134 valence electrons. The number of hydrogen-bond acceptors (Lipinski definition) is 5. The van der Waals surface area contributed by atoms with Crippen molar-refractivity contribution in [3.63, 3.8) is 0 Å². The summed E-state index contributed by atoms with van der Waals surface area (Å²) in [6.07, 6.45) is 6.86. The zero-order chi connectivity index (χ0) is 17.6. The van der Waals surface area contributed by atoms with Crippen molar-refractivity contribution in [3.05, 3.63) is 48.0 Å². The number of nitrogens with zero attached hydrogens (tertiary/aromatic N) is 2. The minimum absolute atomic E-state index is 0.0417. The molecule has 0 bridgehead atoms. The number of methoxy groups -OCH3 is 1. The molecule has 3 heterocycles. The van der Waals surface area contributed by atoms with Crippen LogP contribution in [0.1, 0.15) is 54.3 Å². The highest BCUT2D eigenvalue weighted by atomic mass is 16.5. The van der Waals surface area contributed by atoms with Crippen LogP contribution in [0.2, 0.25) is 0 Å². The number of hydrogen-bond donors (Lipinski definition) is 1. The lowest BCUT2D eigenvalue weighted by atomic mass is 10.0. The predicted molar refractivity (Wildman–Crippen MR) is 92.4 cm³/mol. The lowest BCUT2D eigenvalue weighted by Gasteiger charge is -2.31. The van der Waals surface area contributed by atoms with Crippen LogP contribution in [-0.4, -0.2) is 40.6 Å². The van der Waals surface area contributed by atoms with E-state index in [2.05, 4.69) is 4.98 Å². The Morgan fingerprint density at radius 1 is 1.40 bits per heavy atom. The van der Waals surface area contributed by atoms with Crippen LogP contribution in [0.15, 0.2) is 41.1 Å². The normalized spacial score (nSPS) is 19.3. The summed E-state index contributed by atoms with van der Waals surface area (Å²) in [6, 6.07) is 6.95. The van der Waals surface area contributed by atoms with Gasteiger partial charge in [-0.2, -0.15) is 0 Å². The number of furan rings is 1. The van der Waals surface area contributed by atoms with Gasteiger partial charge in [-0.25, -0.2) is 4.98 Å². The Bertz CT molecular complexity index is 686. The standard InChI is InChI=1S/C19H24N2O4/c1-24-18-15(8-5-10-20-18)19(23)21-11-4-2-3-7-14(21)13-16(22)17-9-6-12-25-17/h5-6,8-10,12,14,16,22H,2-4,7,11,13H2,1H3/t14-,16+/m0/s1. The molecule has 0 aliphatic carbocycles. The molecule has 1 aliphatic heterocycles. The molecule has 2 aromatic rings. The number of aliphatic hydroxyl groups is 1. The first-order valence-electron chi connectivity index (χ1n) is 8.72. The van der Waals surface area contributed by atoms with Crippen LogP contribution >= 0.6 is 0 Å². The van der Waals surface area contributed by atoms with E-state index in [1.165, 1.54) is 7.11 Å². The fourth-order valence-electron chi connectivity index (χ4n) is 3.42. The number of aromatic nitrogens is 1. The molecule has 2 atom stereocenters. The molecule has 6 nitrogen and oxygen atoms in total. The molecule has 1 saturated heterocycles. The van der Waals surface area contributed by atoms with Crippen molar-refractivity contribution < 1.29 is 19.1 Å². The molecule has 3 rings (SSSR count). The summed E-state index contributed by atoms with van der Waals surface area (Å²) in [5, 5.41) is 10.5. The van der Waals surface area contributed by atoms with Crippen molar-refractivity contribution in [3.8, 4) is 5.88 Å². The number of amides is 1. The van der Waals surface area contributed by atoms with Gasteiger partial charge in [-0.15, -0.1) is 0 Å². The van der Waals surface area contributed by atoms with Crippen LogP contribution < -0.4 is 4.74 Å². The molecular weight excluding hydrogens is 320 g/mol. The Morgan fingerprint density at radius 3 is 3.04 bits per heavy atom. The molecule has 1 aliphatic rings. The highest BCUT2D eigenvalue weighted by Crippen LogP contribution is 2.29. The second-order valence-corrected chi connectivity index (χ2v) is 6.33. The second kappa shape index (κ2) is 8.16. The van der Waals surface area contributed by atoms with Gasteiger partial charge in [-0.3, -0.25) is 4.79 Å². The topological polar surface area (TPSA) is 75.8 Å². The number of aliphatic hydroxyl groups excluding tert-OH is 1. The van der Waals surface area contributed by atoms with Gasteiger partial charge in [0.25, 0.3) is 5.91 Å². The molecule has 1 N–H and O–H groups in total. The zero-order valence-corrected chi connectivity index (χ0v) is 14.4. The molecule has 25 heavy (non-hydrogen) atoms. The summed E-state index contributed by atoms with van der Waals surface area (Å²) in [4.78, 5) is 19.1. The van der Waals surface area contributed by atoms with Gasteiger partial charge in [-0.1, -0.05) is 12.8 Å². The maximum Gasteiger partial charge on any atom is 0.259 e. The highest BCUT2D eigenvalue weighted by Gasteiger charge is 2.30. The van der Waals surface area contributed by atoms with Gasteiger partial charge in [0, 0.05) is 25.2 Å². The van der Waals surface area contributed by atoms with Gasteiger partial charge >= 0.3 is 0 Å². The lowest BCUT2D eigenvalue weighted by molar-refractivity contribution is 0.0554. The van der Waals surface area contributed by atoms with Gasteiger partial charge in [0.05, 0.1) is 13.4 Å². The van der Waals surface area contributed by atoms with E-state index < -0.39 is 6.10 Å². The van der Waals surface area contributed by atoms with Crippen molar-refractivity contribution in [1.29, 1.82) is 0 Å². The maximum atomic E-state index is 13.1. The van der Waals surface area contributed by atoms with Gasteiger partial charge in [-0.05, 0) is 37.1 Å². The van der Waals surface area contributed by atoms with E-state index in [4.69, 9.17) is 9.15 Å². The van der Waals surface area contributed by atoms with Crippen LogP contribution in [0.25, 0.3) is 0 Å². The van der Waals surface area contributed by atoms with E-state index >= 15 is 0 Å². The summed E-state index contributed by atoms with van der Waals surface area (Å²) in [7, 11) is 1.51. The third-order valence-corrected chi connectivity index (χ3v) is 4.70. The van der Waals surface area contributed by atoms with Crippen LogP contribution in [0, 0.1) is 0 Å². The fourth-order valence-corrected chi connectivity index (χ4v) is 3.42. The summed E-state index contributed by atoms with van der Waals surface area (Å²) < 4.78 is 10.5. The van der Waals surface area contributed by atoms with Crippen LogP contribution in [0.3, 0.4) is 0 Å². The molecule has 0 unspecified atom stereocenters.